The Bertz CT molecular complexity index is 560. The zero-order chi connectivity index (χ0) is 14.7. The molecule has 106 valence electrons. The van der Waals surface area contributed by atoms with Gasteiger partial charge in [-0.05, 0) is 6.07 Å². The number of methoxy groups -OCH3 is 1. The van der Waals surface area contributed by atoms with Gasteiger partial charge >= 0.3 is 0 Å². The topological polar surface area (TPSA) is 89.8 Å². The Balaban J connectivity index is 2.25. The first-order valence-corrected chi connectivity index (χ1v) is 6.16. The van der Waals surface area contributed by atoms with Crippen LogP contribution in [0.5, 0.6) is 5.75 Å². The average molecular weight is 278 g/mol. The predicted molar refractivity (Wildman–Crippen MR) is 69.8 cm³/mol. The fourth-order valence-corrected chi connectivity index (χ4v) is 2.10. The summed E-state index contributed by atoms with van der Waals surface area (Å²) in [4.78, 5) is 35.2. The highest BCUT2D eigenvalue weighted by atomic mass is 16.6. The van der Waals surface area contributed by atoms with Crippen LogP contribution in [0.15, 0.2) is 18.2 Å². The Kier molecular flexibility index (Phi) is 3.97. The van der Waals surface area contributed by atoms with Crippen molar-refractivity contribution in [1.29, 1.82) is 0 Å². The molecule has 0 N–H and O–H groups in total. The minimum absolute atomic E-state index is 0.132. The third-order valence-electron chi connectivity index (χ3n) is 3.23. The lowest BCUT2D eigenvalue weighted by molar-refractivity contribution is -0.384. The quantitative estimate of drug-likeness (QED) is 0.616. The van der Waals surface area contributed by atoms with Crippen molar-refractivity contribution in [3.63, 3.8) is 0 Å². The number of nitrogens with zero attached hydrogens (tertiary/aromatic N) is 2. The lowest BCUT2D eigenvalue weighted by atomic mass is 10.1. The lowest BCUT2D eigenvalue weighted by Gasteiger charge is -2.26. The second kappa shape index (κ2) is 5.68. The summed E-state index contributed by atoms with van der Waals surface area (Å²) in [6.07, 6.45) is 0.697. The highest BCUT2D eigenvalue weighted by Gasteiger charge is 2.25. The minimum Gasteiger partial charge on any atom is -0.496 e. The highest BCUT2D eigenvalue weighted by molar-refractivity contribution is 5.98. The van der Waals surface area contributed by atoms with Gasteiger partial charge in [-0.15, -0.1) is 0 Å². The van der Waals surface area contributed by atoms with Crippen LogP contribution in [0.1, 0.15) is 23.2 Å². The molecule has 0 spiro atoms. The second-order valence-electron chi connectivity index (χ2n) is 4.47. The fraction of sp³-hybridized carbons (Fsp3) is 0.385. The van der Waals surface area contributed by atoms with Gasteiger partial charge in [-0.25, -0.2) is 0 Å². The molecule has 20 heavy (non-hydrogen) atoms. The molecule has 7 nitrogen and oxygen atoms in total. The standard InChI is InChI=1S/C13H14N2O5/c1-20-12-8-9(15(18)19)2-3-11(12)13(17)14-6-4-10(16)5-7-14/h2-3,8H,4-7H2,1H3. The number of carbonyl (C=O) groups is 2. The van der Waals surface area contributed by atoms with Gasteiger partial charge in [0.15, 0.2) is 0 Å². The minimum atomic E-state index is -0.545. The molecule has 0 saturated carbocycles. The predicted octanol–water partition coefficient (Wildman–Crippen LogP) is 1.41. The molecular weight excluding hydrogens is 264 g/mol. The molecule has 1 heterocycles. The lowest BCUT2D eigenvalue weighted by Crippen LogP contribution is -2.38. The Morgan fingerprint density at radius 1 is 1.35 bits per heavy atom. The molecule has 1 aliphatic rings. The summed E-state index contributed by atoms with van der Waals surface area (Å²) in [6, 6.07) is 3.88. The van der Waals surface area contributed by atoms with Crippen molar-refractivity contribution in [2.45, 2.75) is 12.8 Å². The molecule has 0 aromatic heterocycles. The van der Waals surface area contributed by atoms with E-state index in [9.17, 15) is 19.7 Å². The first kappa shape index (κ1) is 14.0. The maximum atomic E-state index is 12.3. The Hall–Kier alpha value is -2.44. The molecule has 2 rings (SSSR count). The van der Waals surface area contributed by atoms with Crippen molar-refractivity contribution < 1.29 is 19.2 Å². The van der Waals surface area contributed by atoms with Gasteiger partial charge in [0.05, 0.1) is 23.7 Å². The zero-order valence-electron chi connectivity index (χ0n) is 11.0. The van der Waals surface area contributed by atoms with Crippen LogP contribution >= 0.6 is 0 Å². The fourth-order valence-electron chi connectivity index (χ4n) is 2.10. The highest BCUT2D eigenvalue weighted by Crippen LogP contribution is 2.26. The molecule has 0 atom stereocenters. The Labute approximate surface area is 115 Å². The van der Waals surface area contributed by atoms with Gasteiger partial charge in [-0.2, -0.15) is 0 Å². The third-order valence-corrected chi connectivity index (χ3v) is 3.23. The molecule has 1 aromatic rings. The van der Waals surface area contributed by atoms with Crippen molar-refractivity contribution in [2.75, 3.05) is 20.2 Å². The van der Waals surface area contributed by atoms with E-state index in [0.717, 1.165) is 0 Å². The number of likely N-dealkylation sites (tertiary alicyclic amines) is 1. The van der Waals surface area contributed by atoms with Gasteiger partial charge in [-0.1, -0.05) is 0 Å². The van der Waals surface area contributed by atoms with Gasteiger partial charge in [-0.3, -0.25) is 19.7 Å². The van der Waals surface area contributed by atoms with E-state index >= 15 is 0 Å². The van der Waals surface area contributed by atoms with E-state index < -0.39 is 4.92 Å². The number of benzene rings is 1. The molecule has 1 aromatic carbocycles. The number of nitro benzene ring substituents is 1. The van der Waals surface area contributed by atoms with E-state index in [4.69, 9.17) is 4.74 Å². The van der Waals surface area contributed by atoms with Gasteiger partial charge < -0.3 is 9.64 Å². The summed E-state index contributed by atoms with van der Waals surface area (Å²) in [5.74, 6) is 0.0371. The van der Waals surface area contributed by atoms with Crippen molar-refractivity contribution in [1.82, 2.24) is 4.90 Å². The smallest absolute Gasteiger partial charge is 0.273 e. The molecular formula is C13H14N2O5. The van der Waals surface area contributed by atoms with Crippen LogP contribution in [-0.2, 0) is 4.79 Å². The number of piperidine rings is 1. The molecule has 0 aliphatic carbocycles. The molecule has 0 radical (unpaired) electrons. The Morgan fingerprint density at radius 2 is 2.00 bits per heavy atom. The third kappa shape index (κ3) is 2.76. The van der Waals surface area contributed by atoms with Crippen molar-refractivity contribution in [3.8, 4) is 5.75 Å². The van der Waals surface area contributed by atoms with Crippen LogP contribution in [0.25, 0.3) is 0 Å². The summed E-state index contributed by atoms with van der Waals surface area (Å²) in [5, 5.41) is 10.7. The van der Waals surface area contributed by atoms with E-state index in [1.807, 2.05) is 0 Å². The number of non-ortho nitro benzene ring substituents is 1. The van der Waals surface area contributed by atoms with Gasteiger partial charge in [0.2, 0.25) is 0 Å². The number of Topliss-reactive ketones (excluding diaryl/α,β-unsaturated/α-hetero) is 1. The summed E-state index contributed by atoms with van der Waals surface area (Å²) >= 11 is 0. The number of amides is 1. The monoisotopic (exact) mass is 278 g/mol. The summed E-state index contributed by atoms with van der Waals surface area (Å²) in [7, 11) is 1.36. The summed E-state index contributed by atoms with van der Waals surface area (Å²) in [6.45, 7) is 0.746. The summed E-state index contributed by atoms with van der Waals surface area (Å²) in [5.41, 5.74) is 0.139. The first-order chi connectivity index (χ1) is 9.52. The van der Waals surface area contributed by atoms with Crippen molar-refractivity contribution in [2.24, 2.45) is 0 Å². The van der Waals surface area contributed by atoms with Crippen molar-refractivity contribution >= 4 is 17.4 Å². The number of rotatable bonds is 3. The van der Waals surface area contributed by atoms with Crippen LogP contribution in [0.2, 0.25) is 0 Å². The number of ether oxygens (including phenoxy) is 1. The summed E-state index contributed by atoms with van der Waals surface area (Å²) < 4.78 is 5.05. The molecule has 1 saturated heterocycles. The maximum absolute atomic E-state index is 12.3. The SMILES string of the molecule is COc1cc([N+](=O)[O-])ccc1C(=O)N1CCC(=O)CC1. The average Bonchev–Trinajstić information content (AvgIpc) is 2.46. The van der Waals surface area contributed by atoms with Crippen LogP contribution in [-0.4, -0.2) is 41.7 Å². The van der Waals surface area contributed by atoms with E-state index in [1.54, 1.807) is 4.90 Å². The van der Waals surface area contributed by atoms with E-state index in [0.29, 0.717) is 25.9 Å². The largest absolute Gasteiger partial charge is 0.496 e. The second-order valence-corrected chi connectivity index (χ2v) is 4.47. The first-order valence-electron chi connectivity index (χ1n) is 6.16. The van der Waals surface area contributed by atoms with E-state index in [2.05, 4.69) is 0 Å². The van der Waals surface area contributed by atoms with Crippen molar-refractivity contribution in [3.05, 3.63) is 33.9 Å². The maximum Gasteiger partial charge on any atom is 0.273 e. The van der Waals surface area contributed by atoms with Crippen LogP contribution in [0, 0.1) is 10.1 Å². The molecule has 7 heteroatoms. The van der Waals surface area contributed by atoms with E-state index in [1.165, 1.54) is 25.3 Å². The Morgan fingerprint density at radius 3 is 2.55 bits per heavy atom. The number of hydrogen-bond acceptors (Lipinski definition) is 5. The number of hydrogen-bond donors (Lipinski definition) is 0. The molecule has 1 amide bonds. The van der Waals surface area contributed by atoms with E-state index in [-0.39, 0.29) is 28.7 Å². The van der Waals surface area contributed by atoms with Gasteiger partial charge in [0, 0.05) is 32.0 Å². The zero-order valence-corrected chi connectivity index (χ0v) is 11.0. The number of carbonyl (C=O) groups excluding carboxylic acids is 2. The van der Waals surface area contributed by atoms with Crippen LogP contribution < -0.4 is 4.74 Å². The normalized spacial score (nSPS) is 15.1. The molecule has 1 fully saturated rings. The molecule has 0 bridgehead atoms. The number of nitro groups is 1. The van der Waals surface area contributed by atoms with Gasteiger partial charge in [0.1, 0.15) is 11.5 Å². The van der Waals surface area contributed by atoms with Gasteiger partial charge in [0.25, 0.3) is 11.6 Å². The molecule has 1 aliphatic heterocycles. The number of ketones is 1. The van der Waals surface area contributed by atoms with Crippen LogP contribution in [0.3, 0.4) is 0 Å². The molecule has 0 unspecified atom stereocenters. The van der Waals surface area contributed by atoms with Crippen LogP contribution in [0.4, 0.5) is 5.69 Å².